The van der Waals surface area contributed by atoms with Gasteiger partial charge in [0, 0.05) is 28.3 Å². The van der Waals surface area contributed by atoms with Crippen LogP contribution in [0.5, 0.6) is 0 Å². The molecule has 0 atom stereocenters. The average molecular weight is 333 g/mol. The van der Waals surface area contributed by atoms with Crippen molar-refractivity contribution in [3.8, 4) is 0 Å². The zero-order valence-electron chi connectivity index (χ0n) is 10.2. The number of anilines is 1. The van der Waals surface area contributed by atoms with E-state index in [0.717, 1.165) is 0 Å². The number of carboxylic acids is 1. The van der Waals surface area contributed by atoms with Crippen molar-refractivity contribution in [2.75, 3.05) is 25.1 Å². The number of nitrogens with one attached hydrogen (secondary N) is 1. The quantitative estimate of drug-likeness (QED) is 0.450. The normalized spacial score (nSPS) is 10.2. The monoisotopic (exact) mass is 332 g/mol. The fourth-order valence-electron chi connectivity index (χ4n) is 1.42. The molecule has 8 heteroatoms. The fraction of sp³-hybridized carbons (Fsp3) is 0.364. The number of nitro benzene ring substituents is 1. The van der Waals surface area contributed by atoms with Gasteiger partial charge in [-0.25, -0.2) is 4.79 Å². The minimum atomic E-state index is -1.02. The van der Waals surface area contributed by atoms with Crippen LogP contribution >= 0.6 is 15.9 Å². The van der Waals surface area contributed by atoms with Gasteiger partial charge in [0.25, 0.3) is 5.69 Å². The number of rotatable bonds is 7. The Labute approximate surface area is 117 Å². The van der Waals surface area contributed by atoms with Crippen molar-refractivity contribution in [3.63, 3.8) is 0 Å². The maximum Gasteiger partial charge on any atom is 0.329 e. The molecule has 1 aromatic carbocycles. The van der Waals surface area contributed by atoms with Gasteiger partial charge in [-0.2, -0.15) is 0 Å². The van der Waals surface area contributed by atoms with Gasteiger partial charge in [0.15, 0.2) is 0 Å². The lowest BCUT2D eigenvalue weighted by atomic mass is 10.2. The van der Waals surface area contributed by atoms with Crippen molar-refractivity contribution in [1.82, 2.24) is 0 Å². The third-order valence-corrected chi connectivity index (χ3v) is 2.93. The van der Waals surface area contributed by atoms with E-state index < -0.39 is 10.9 Å². The molecule has 2 N–H and O–H groups in total. The van der Waals surface area contributed by atoms with E-state index in [4.69, 9.17) is 9.84 Å². The molecular formula is C11H13BrN2O5. The molecule has 0 saturated heterocycles. The first-order valence-electron chi connectivity index (χ1n) is 5.39. The first-order chi connectivity index (χ1) is 8.91. The fourth-order valence-corrected chi connectivity index (χ4v) is 1.89. The number of nitrogens with zero attached hydrogens (tertiary/aromatic N) is 1. The Morgan fingerprint density at radius 3 is 2.84 bits per heavy atom. The van der Waals surface area contributed by atoms with Crippen LogP contribution in [0.2, 0.25) is 0 Å². The van der Waals surface area contributed by atoms with E-state index >= 15 is 0 Å². The Bertz CT molecular complexity index is 492. The van der Waals surface area contributed by atoms with Crippen molar-refractivity contribution in [2.24, 2.45) is 0 Å². The molecule has 0 radical (unpaired) electrons. The number of aliphatic carboxylic acids is 1. The average Bonchev–Trinajstić information content (AvgIpc) is 2.31. The third-order valence-electron chi connectivity index (χ3n) is 2.27. The van der Waals surface area contributed by atoms with Crippen molar-refractivity contribution in [2.45, 2.75) is 6.92 Å². The predicted molar refractivity (Wildman–Crippen MR) is 72.5 cm³/mol. The minimum Gasteiger partial charge on any atom is -0.480 e. The first kappa shape index (κ1) is 15.4. The number of halogens is 1. The van der Waals surface area contributed by atoms with E-state index in [-0.39, 0.29) is 18.9 Å². The lowest BCUT2D eigenvalue weighted by Gasteiger charge is -2.09. The summed E-state index contributed by atoms with van der Waals surface area (Å²) in [5.41, 5.74) is 1.28. The van der Waals surface area contributed by atoms with Crippen LogP contribution in [0.1, 0.15) is 5.56 Å². The third kappa shape index (κ3) is 4.84. The van der Waals surface area contributed by atoms with Gasteiger partial charge >= 0.3 is 5.97 Å². The van der Waals surface area contributed by atoms with Gasteiger partial charge in [0.1, 0.15) is 6.61 Å². The number of hydrogen-bond donors (Lipinski definition) is 2. The largest absolute Gasteiger partial charge is 0.480 e. The molecule has 19 heavy (non-hydrogen) atoms. The molecule has 0 saturated carbocycles. The zero-order chi connectivity index (χ0) is 14.4. The standard InChI is InChI=1S/C11H13BrN2O5/c1-7-4-9(8(12)5-10(7)14(17)18)13-2-3-19-6-11(15)16/h4-5,13H,2-3,6H2,1H3,(H,15,16). The predicted octanol–water partition coefficient (Wildman–Crippen LogP) is 2.18. The van der Waals surface area contributed by atoms with Crippen molar-refractivity contribution < 1.29 is 19.6 Å². The van der Waals surface area contributed by atoms with E-state index in [1.807, 2.05) is 0 Å². The summed E-state index contributed by atoms with van der Waals surface area (Å²) < 4.78 is 5.44. The summed E-state index contributed by atoms with van der Waals surface area (Å²) in [5, 5.41) is 22.1. The highest BCUT2D eigenvalue weighted by Gasteiger charge is 2.13. The highest BCUT2D eigenvalue weighted by molar-refractivity contribution is 9.10. The van der Waals surface area contributed by atoms with E-state index in [2.05, 4.69) is 21.2 Å². The SMILES string of the molecule is Cc1cc(NCCOCC(=O)O)c(Br)cc1[N+](=O)[O-]. The van der Waals surface area contributed by atoms with Crippen LogP contribution in [-0.2, 0) is 9.53 Å². The molecule has 0 aliphatic heterocycles. The maximum absolute atomic E-state index is 10.7. The van der Waals surface area contributed by atoms with Gasteiger partial charge in [0.05, 0.1) is 11.5 Å². The van der Waals surface area contributed by atoms with Gasteiger partial charge in [-0.15, -0.1) is 0 Å². The molecule has 0 amide bonds. The second kappa shape index (κ2) is 7.05. The lowest BCUT2D eigenvalue weighted by molar-refractivity contribution is -0.385. The molecule has 0 unspecified atom stereocenters. The number of carboxylic acid groups (broad SMARTS) is 1. The zero-order valence-corrected chi connectivity index (χ0v) is 11.8. The number of nitro groups is 1. The summed E-state index contributed by atoms with van der Waals surface area (Å²) >= 11 is 3.24. The highest BCUT2D eigenvalue weighted by Crippen LogP contribution is 2.30. The van der Waals surface area contributed by atoms with Crippen molar-refractivity contribution >= 4 is 33.3 Å². The highest BCUT2D eigenvalue weighted by atomic mass is 79.9. The van der Waals surface area contributed by atoms with Gasteiger partial charge in [-0.05, 0) is 28.9 Å². The molecule has 104 valence electrons. The van der Waals surface area contributed by atoms with Crippen LogP contribution < -0.4 is 5.32 Å². The van der Waals surface area contributed by atoms with Gasteiger partial charge < -0.3 is 15.2 Å². The molecule has 0 aromatic heterocycles. The van der Waals surface area contributed by atoms with Gasteiger partial charge in [0.2, 0.25) is 0 Å². The Kier molecular flexibility index (Phi) is 5.71. The van der Waals surface area contributed by atoms with Crippen molar-refractivity contribution in [1.29, 1.82) is 0 Å². The van der Waals surface area contributed by atoms with Crippen molar-refractivity contribution in [3.05, 3.63) is 32.3 Å². The number of ether oxygens (including phenoxy) is 1. The molecule has 7 nitrogen and oxygen atoms in total. The second-order valence-corrected chi connectivity index (χ2v) is 4.60. The summed E-state index contributed by atoms with van der Waals surface area (Å²) in [4.78, 5) is 20.5. The molecule has 0 spiro atoms. The molecule has 0 bridgehead atoms. The molecule has 0 aliphatic carbocycles. The van der Waals surface area contributed by atoms with Crippen LogP contribution in [0.15, 0.2) is 16.6 Å². The molecule has 0 heterocycles. The summed E-state index contributed by atoms with van der Waals surface area (Å²) in [7, 11) is 0. The minimum absolute atomic E-state index is 0.0413. The number of carbonyl (C=O) groups is 1. The molecule has 0 fully saturated rings. The second-order valence-electron chi connectivity index (χ2n) is 3.75. The van der Waals surface area contributed by atoms with E-state index in [1.165, 1.54) is 6.07 Å². The molecule has 1 rings (SSSR count). The van der Waals surface area contributed by atoms with E-state index in [0.29, 0.717) is 22.3 Å². The number of aryl methyl sites for hydroxylation is 1. The van der Waals surface area contributed by atoms with Crippen LogP contribution in [0.4, 0.5) is 11.4 Å². The smallest absolute Gasteiger partial charge is 0.329 e. The van der Waals surface area contributed by atoms with E-state index in [1.54, 1.807) is 13.0 Å². The summed E-state index contributed by atoms with van der Waals surface area (Å²) in [6, 6.07) is 3.08. The summed E-state index contributed by atoms with van der Waals surface area (Å²) in [6.45, 7) is 1.94. The van der Waals surface area contributed by atoms with Gasteiger partial charge in [-0.3, -0.25) is 10.1 Å². The Morgan fingerprint density at radius 1 is 1.58 bits per heavy atom. The van der Waals surface area contributed by atoms with Crippen LogP contribution in [-0.4, -0.2) is 35.8 Å². The Hall–Kier alpha value is -1.67. The van der Waals surface area contributed by atoms with E-state index in [9.17, 15) is 14.9 Å². The lowest BCUT2D eigenvalue weighted by Crippen LogP contribution is -2.14. The van der Waals surface area contributed by atoms with Crippen LogP contribution in [0.3, 0.4) is 0 Å². The van der Waals surface area contributed by atoms with Crippen LogP contribution in [0.25, 0.3) is 0 Å². The number of benzene rings is 1. The van der Waals surface area contributed by atoms with Crippen LogP contribution in [0, 0.1) is 17.0 Å². The summed E-state index contributed by atoms with van der Waals surface area (Å²) in [6.07, 6.45) is 0. The topological polar surface area (TPSA) is 102 Å². The summed E-state index contributed by atoms with van der Waals surface area (Å²) in [5.74, 6) is -1.02. The Morgan fingerprint density at radius 2 is 2.26 bits per heavy atom. The first-order valence-corrected chi connectivity index (χ1v) is 6.19. The number of hydrogen-bond acceptors (Lipinski definition) is 5. The molecule has 1 aromatic rings. The maximum atomic E-state index is 10.7. The molecule has 0 aliphatic rings. The Balaban J connectivity index is 2.57. The van der Waals surface area contributed by atoms with Gasteiger partial charge in [-0.1, -0.05) is 0 Å². The molecular weight excluding hydrogens is 320 g/mol.